The second-order valence-corrected chi connectivity index (χ2v) is 33.5. The molecule has 0 aliphatic rings. The molecular formula is C109H148N2O21. The molecule has 0 fully saturated rings. The summed E-state index contributed by atoms with van der Waals surface area (Å²) >= 11 is 0. The first-order valence-corrected chi connectivity index (χ1v) is 49.4. The zero-order valence-corrected chi connectivity index (χ0v) is 79.9. The Morgan fingerprint density at radius 2 is 0.636 bits per heavy atom. The molecule has 9 rings (SSSR count). The Labute approximate surface area is 783 Å². The van der Waals surface area contributed by atoms with Crippen LogP contribution in [0.4, 0.5) is 0 Å². The molecule has 0 spiro atoms. The molecule has 0 saturated carbocycles. The number of carbonyl (C=O) groups is 3. The van der Waals surface area contributed by atoms with Crippen LogP contribution in [-0.4, -0.2) is 123 Å². The van der Waals surface area contributed by atoms with E-state index in [0.29, 0.717) is 147 Å². The molecule has 2 aromatic heterocycles. The third kappa shape index (κ3) is 37.3. The van der Waals surface area contributed by atoms with Gasteiger partial charge in [0.1, 0.15) is 77.1 Å². The smallest absolute Gasteiger partial charge is 0.239 e. The Bertz CT molecular complexity index is 4930. The fourth-order valence-corrected chi connectivity index (χ4v) is 14.7. The van der Waals surface area contributed by atoms with Crippen LogP contribution in [-0.2, 0) is 43.5 Å². The molecule has 2 N–H and O–H groups in total. The van der Waals surface area contributed by atoms with Gasteiger partial charge in [0.15, 0.2) is 46.0 Å². The van der Waals surface area contributed by atoms with Crippen molar-refractivity contribution in [1.82, 2.24) is 10.6 Å². The molecule has 0 aliphatic carbocycles. The van der Waals surface area contributed by atoms with E-state index in [1.807, 2.05) is 115 Å². The van der Waals surface area contributed by atoms with E-state index in [2.05, 4.69) is 59.1 Å². The summed E-state index contributed by atoms with van der Waals surface area (Å²) in [4.78, 5) is 69.8. The fraction of sp³-hybridized carbons (Fsp3) is 0.532. The average Bonchev–Trinajstić information content (AvgIpc) is 0.759. The van der Waals surface area contributed by atoms with Crippen LogP contribution < -0.4 is 78.3 Å². The molecule has 9 aromatic rings. The maximum Gasteiger partial charge on any atom is 0.239 e. The number of carbonyl (C=O) groups excluding carboxylic acids is 3. The van der Waals surface area contributed by atoms with Gasteiger partial charge in [-0.1, -0.05) is 231 Å². The lowest BCUT2D eigenvalue weighted by Gasteiger charge is -2.17. The van der Waals surface area contributed by atoms with E-state index in [1.54, 1.807) is 24.3 Å². The molecule has 0 saturated heterocycles. The Kier molecular flexibility index (Phi) is 49.6. The van der Waals surface area contributed by atoms with Crippen LogP contribution >= 0.6 is 0 Å². The second kappa shape index (κ2) is 62.5. The quantitative estimate of drug-likeness (QED) is 0.0335. The topological polar surface area (TPSA) is 265 Å². The maximum absolute atomic E-state index is 15.0. The van der Waals surface area contributed by atoms with E-state index < -0.39 is 10.9 Å². The summed E-state index contributed by atoms with van der Waals surface area (Å²) in [5.41, 5.74) is 3.66. The van der Waals surface area contributed by atoms with E-state index >= 15 is 0 Å². The number of rotatable bonds is 74. The number of benzene rings is 7. The molecule has 720 valence electrons. The lowest BCUT2D eigenvalue weighted by Crippen LogP contribution is -2.28. The van der Waals surface area contributed by atoms with Crippen molar-refractivity contribution in [2.45, 2.75) is 274 Å². The highest BCUT2D eigenvalue weighted by atomic mass is 16.6. The van der Waals surface area contributed by atoms with Crippen LogP contribution in [0.5, 0.6) is 69.0 Å². The highest BCUT2D eigenvalue weighted by molar-refractivity contribution is 5.90. The van der Waals surface area contributed by atoms with Crippen LogP contribution in [0.25, 0.3) is 44.6 Å². The number of Topliss-reactive ketones (excluding diaryl/α,β-unsaturated/α-hetero) is 1. The number of amides is 2. The molecule has 23 nitrogen and oxygen atoms in total. The van der Waals surface area contributed by atoms with Crippen molar-refractivity contribution in [2.24, 2.45) is 0 Å². The summed E-state index contributed by atoms with van der Waals surface area (Å²) in [6.07, 6.45) is 29.8. The van der Waals surface area contributed by atoms with E-state index in [1.165, 1.54) is 64.2 Å². The first kappa shape index (κ1) is 105. The molecule has 132 heavy (non-hydrogen) atoms. The van der Waals surface area contributed by atoms with Crippen LogP contribution in [0.1, 0.15) is 271 Å². The third-order valence-corrected chi connectivity index (χ3v) is 22.4. The van der Waals surface area contributed by atoms with E-state index in [9.17, 15) is 24.0 Å². The zero-order chi connectivity index (χ0) is 93.2. The van der Waals surface area contributed by atoms with Crippen LogP contribution in [0, 0.1) is 0 Å². The minimum absolute atomic E-state index is 0.00342. The van der Waals surface area contributed by atoms with Gasteiger partial charge in [-0.15, -0.1) is 0 Å². The zero-order valence-electron chi connectivity index (χ0n) is 79.9. The molecule has 7 aromatic carbocycles. The van der Waals surface area contributed by atoms with Crippen molar-refractivity contribution in [3.63, 3.8) is 0 Å². The van der Waals surface area contributed by atoms with Gasteiger partial charge in [0, 0.05) is 80.8 Å². The summed E-state index contributed by atoms with van der Waals surface area (Å²) in [5.74, 6) is 5.05. The van der Waals surface area contributed by atoms with Gasteiger partial charge in [-0.25, -0.2) is 0 Å². The van der Waals surface area contributed by atoms with E-state index in [-0.39, 0.29) is 154 Å². The standard InChI is InChI=1S/C109H148N2O21/c1-8-15-22-23-24-25-26-27-28-29-30-31-38-48-100(113)110-57-56-82-50-53-90(121-66-40-47-87(112)46-39-59-117-69-71-127-108-104(115)102-96(125-64-20-13-6)76-88(129-80-83-42-34-32-35-43-83)78-98(102)131-106(108)85-51-54-91(119-60-16-9-2)94(74-85)122-62-18-11-4)93(73-82)124-67-41-49-101(114)111-58-68-118-70-72-128-109-105(116)103-97(126-65-21-14-7)77-89(130-81-84-44-36-33-37-45-84)79-99(103)132-107(109)86-52-55-92(120-61-17-10-3)95(75-86)123-63-19-12-5/h32-37,42-45,50-55,73-79H,8-31,38-41,46-49,56-72,80-81H2,1-7H3,(H,110,113)(H,111,114). The highest BCUT2D eigenvalue weighted by Gasteiger charge is 2.27. The SMILES string of the molecule is CCCCCCCCCCCCCCCC(=O)NCCc1ccc(OCCCC(=O)CCCOCCOc2c(-c3ccc(OCCCC)c(OCCCC)c3)oc3cc(OCc4ccccc4)cc(OCCCC)c3c2=O)c(OCCCC(=O)NCCOCCOc2c(-c3ccc(OCCCC)c(OCCCC)c3)oc3cc(OCc4ccccc4)cc(OCCCC)c3c2=O)c1. The Balaban J connectivity index is 0.777. The van der Waals surface area contributed by atoms with Crippen LogP contribution in [0.15, 0.2) is 158 Å². The number of ketones is 1. The highest BCUT2D eigenvalue weighted by Crippen LogP contribution is 2.43. The molecule has 0 unspecified atom stereocenters. The second-order valence-electron chi connectivity index (χ2n) is 33.5. The van der Waals surface area contributed by atoms with Crippen molar-refractivity contribution in [3.8, 4) is 91.6 Å². The van der Waals surface area contributed by atoms with Crippen molar-refractivity contribution in [1.29, 1.82) is 0 Å². The van der Waals surface area contributed by atoms with E-state index in [0.717, 1.165) is 113 Å². The summed E-state index contributed by atoms with van der Waals surface area (Å²) < 4.78 is 101. The monoisotopic (exact) mass is 1820 g/mol. The first-order chi connectivity index (χ1) is 64.8. The van der Waals surface area contributed by atoms with Gasteiger partial charge in [0.05, 0.1) is 72.7 Å². The third-order valence-electron chi connectivity index (χ3n) is 22.4. The normalized spacial score (nSPS) is 11.2. The minimum atomic E-state index is -0.429. The minimum Gasteiger partial charge on any atom is -0.493 e. The van der Waals surface area contributed by atoms with Gasteiger partial charge in [0.25, 0.3) is 0 Å². The summed E-state index contributed by atoms with van der Waals surface area (Å²) in [7, 11) is 0. The van der Waals surface area contributed by atoms with Gasteiger partial charge in [0.2, 0.25) is 34.2 Å². The van der Waals surface area contributed by atoms with Gasteiger partial charge in [-0.2, -0.15) is 0 Å². The number of fused-ring (bicyclic) bond motifs is 2. The molecule has 0 atom stereocenters. The van der Waals surface area contributed by atoms with Gasteiger partial charge in [-0.3, -0.25) is 24.0 Å². The van der Waals surface area contributed by atoms with Gasteiger partial charge >= 0.3 is 0 Å². The summed E-state index contributed by atoms with van der Waals surface area (Å²) in [5, 5.41) is 6.50. The van der Waals surface area contributed by atoms with Crippen molar-refractivity contribution in [2.75, 3.05) is 106 Å². The summed E-state index contributed by atoms with van der Waals surface area (Å²) in [6, 6.07) is 43.2. The number of ether oxygens (including phenoxy) is 14. The van der Waals surface area contributed by atoms with Crippen molar-refractivity contribution in [3.05, 3.63) is 177 Å². The fourth-order valence-electron chi connectivity index (χ4n) is 14.7. The number of hydrogen-bond donors (Lipinski definition) is 2. The predicted octanol–water partition coefficient (Wildman–Crippen LogP) is 24.6. The lowest BCUT2D eigenvalue weighted by atomic mass is 10.0. The predicted molar refractivity (Wildman–Crippen MR) is 523 cm³/mol. The molecule has 0 bridgehead atoms. The molecule has 0 radical (unpaired) electrons. The van der Waals surface area contributed by atoms with Crippen molar-refractivity contribution < 1.29 is 89.5 Å². The molecule has 23 heteroatoms. The summed E-state index contributed by atoms with van der Waals surface area (Å²) in [6.45, 7) is 19.9. The van der Waals surface area contributed by atoms with E-state index in [4.69, 9.17) is 75.2 Å². The number of nitrogens with one attached hydrogen (secondary N) is 2. The van der Waals surface area contributed by atoms with Gasteiger partial charge in [-0.05, 0) is 136 Å². The van der Waals surface area contributed by atoms with Gasteiger partial charge < -0.3 is 85.8 Å². The number of unbranched alkanes of at least 4 members (excludes halogenated alkanes) is 18. The molecule has 2 heterocycles. The Hall–Kier alpha value is -10.9. The largest absolute Gasteiger partial charge is 0.493 e. The lowest BCUT2D eigenvalue weighted by molar-refractivity contribution is -0.122. The average molecular weight is 1820 g/mol. The molecular weight excluding hydrogens is 1670 g/mol. The Morgan fingerprint density at radius 3 is 1.08 bits per heavy atom. The van der Waals surface area contributed by atoms with Crippen molar-refractivity contribution >= 4 is 39.5 Å². The maximum atomic E-state index is 15.0. The molecule has 2 amide bonds. The first-order valence-electron chi connectivity index (χ1n) is 49.4. The molecule has 0 aliphatic heterocycles. The number of hydrogen-bond acceptors (Lipinski definition) is 21. The Morgan fingerprint density at radius 1 is 0.280 bits per heavy atom. The van der Waals surface area contributed by atoms with Crippen LogP contribution in [0.3, 0.4) is 0 Å². The van der Waals surface area contributed by atoms with Crippen LogP contribution in [0.2, 0.25) is 0 Å².